The number of benzene rings is 1. The number of sulfonamides is 1. The number of carbonyl (C=O) groups excluding carboxylic acids is 1. The highest BCUT2D eigenvalue weighted by Gasteiger charge is 2.23. The molecule has 0 bridgehead atoms. The highest BCUT2D eigenvalue weighted by molar-refractivity contribution is 7.89. The molecule has 1 saturated heterocycles. The molecule has 1 heterocycles. The third kappa shape index (κ3) is 5.81. The second-order valence-electron chi connectivity index (χ2n) is 6.54. The van der Waals surface area contributed by atoms with E-state index in [0.717, 1.165) is 19.6 Å². The molecule has 0 aromatic heterocycles. The molecule has 0 radical (unpaired) electrons. The molecule has 1 aromatic rings. The molecular weight excluding hydrogens is 404 g/mol. The van der Waals surface area contributed by atoms with Crippen molar-refractivity contribution >= 4 is 33.3 Å². The quantitative estimate of drug-likeness (QED) is 0.680. The van der Waals surface area contributed by atoms with Gasteiger partial charge in [0.25, 0.3) is 0 Å². The first kappa shape index (κ1) is 22.9. The van der Waals surface area contributed by atoms with Crippen LogP contribution in [0.3, 0.4) is 0 Å². The van der Waals surface area contributed by atoms with Gasteiger partial charge in [-0.25, -0.2) is 13.2 Å². The lowest BCUT2D eigenvalue weighted by Crippen LogP contribution is -2.42. The van der Waals surface area contributed by atoms with Crippen LogP contribution in [0.4, 0.5) is 10.5 Å². The van der Waals surface area contributed by atoms with E-state index in [1.165, 1.54) is 22.5 Å². The molecule has 10 heteroatoms. The van der Waals surface area contributed by atoms with Crippen molar-refractivity contribution in [3.05, 3.63) is 23.2 Å². The van der Waals surface area contributed by atoms with E-state index in [4.69, 9.17) is 16.3 Å². The second-order valence-corrected chi connectivity index (χ2v) is 8.88. The lowest BCUT2D eigenvalue weighted by atomic mass is 10.3. The van der Waals surface area contributed by atoms with Gasteiger partial charge in [-0.3, -0.25) is 4.90 Å². The van der Waals surface area contributed by atoms with Gasteiger partial charge >= 0.3 is 6.03 Å². The van der Waals surface area contributed by atoms with E-state index in [0.29, 0.717) is 32.8 Å². The van der Waals surface area contributed by atoms with E-state index in [9.17, 15) is 13.2 Å². The molecule has 8 nitrogen and oxygen atoms in total. The summed E-state index contributed by atoms with van der Waals surface area (Å²) in [5.41, 5.74) is 0.276. The van der Waals surface area contributed by atoms with Gasteiger partial charge in [0.15, 0.2) is 0 Å². The van der Waals surface area contributed by atoms with Gasteiger partial charge in [-0.05, 0) is 18.2 Å². The van der Waals surface area contributed by atoms with E-state index >= 15 is 0 Å². The fraction of sp³-hybridized carbons (Fsp3) is 0.611. The number of likely N-dealkylation sites (N-methyl/N-ethyl adjacent to an activating group) is 1. The van der Waals surface area contributed by atoms with Crippen LogP contribution in [0.25, 0.3) is 0 Å². The largest absolute Gasteiger partial charge is 0.379 e. The third-order valence-corrected chi connectivity index (χ3v) is 7.10. The molecule has 1 N–H and O–H groups in total. The number of anilines is 1. The number of nitrogens with zero attached hydrogens (tertiary/aromatic N) is 3. The Morgan fingerprint density at radius 3 is 2.50 bits per heavy atom. The second kappa shape index (κ2) is 10.4. The standard InChI is InChI=1S/C18H29ClN4O4S/c1-4-23(5-2)28(25,26)15-6-7-16(19)17(14-15)20-18(24)21(3)8-9-22-10-12-27-13-11-22/h6-7,14H,4-5,8-13H2,1-3H3,(H,20,24). The topological polar surface area (TPSA) is 82.2 Å². The summed E-state index contributed by atoms with van der Waals surface area (Å²) in [6.07, 6.45) is 0. The van der Waals surface area contributed by atoms with Crippen molar-refractivity contribution in [3.63, 3.8) is 0 Å². The van der Waals surface area contributed by atoms with Crippen LogP contribution in [0.15, 0.2) is 23.1 Å². The average molecular weight is 433 g/mol. The first-order chi connectivity index (χ1) is 13.3. The molecule has 1 aromatic carbocycles. The van der Waals surface area contributed by atoms with Gasteiger partial charge in [0.2, 0.25) is 10.0 Å². The minimum atomic E-state index is -3.63. The summed E-state index contributed by atoms with van der Waals surface area (Å²) in [6.45, 7) is 8.71. The lowest BCUT2D eigenvalue weighted by Gasteiger charge is -2.28. The van der Waals surface area contributed by atoms with E-state index < -0.39 is 10.0 Å². The monoisotopic (exact) mass is 432 g/mol. The molecule has 0 unspecified atom stereocenters. The number of urea groups is 1. The Labute approximate surface area is 172 Å². The van der Waals surface area contributed by atoms with E-state index in [-0.39, 0.29) is 21.6 Å². The first-order valence-electron chi connectivity index (χ1n) is 9.41. The zero-order valence-electron chi connectivity index (χ0n) is 16.6. The predicted octanol–water partition coefficient (Wildman–Crippen LogP) is 2.17. The smallest absolute Gasteiger partial charge is 0.321 e. The lowest BCUT2D eigenvalue weighted by molar-refractivity contribution is 0.0359. The number of morpholine rings is 1. The molecule has 1 aliphatic rings. The number of ether oxygens (including phenoxy) is 1. The zero-order valence-corrected chi connectivity index (χ0v) is 18.2. The van der Waals surface area contributed by atoms with Crippen molar-refractivity contribution < 1.29 is 17.9 Å². The van der Waals surface area contributed by atoms with Gasteiger partial charge in [-0.1, -0.05) is 25.4 Å². The first-order valence-corrected chi connectivity index (χ1v) is 11.2. The van der Waals surface area contributed by atoms with Gasteiger partial charge < -0.3 is 15.0 Å². The summed E-state index contributed by atoms with van der Waals surface area (Å²) in [5, 5.41) is 3.00. The van der Waals surface area contributed by atoms with E-state index in [2.05, 4.69) is 10.2 Å². The van der Waals surface area contributed by atoms with Gasteiger partial charge in [-0.2, -0.15) is 4.31 Å². The minimum Gasteiger partial charge on any atom is -0.379 e. The van der Waals surface area contributed by atoms with Crippen molar-refractivity contribution in [3.8, 4) is 0 Å². The predicted molar refractivity (Wildman–Crippen MR) is 110 cm³/mol. The van der Waals surface area contributed by atoms with E-state index in [1.54, 1.807) is 25.8 Å². The van der Waals surface area contributed by atoms with Crippen LogP contribution in [0.1, 0.15) is 13.8 Å². The SMILES string of the molecule is CCN(CC)S(=O)(=O)c1ccc(Cl)c(NC(=O)N(C)CCN2CCOCC2)c1. The molecule has 1 aliphatic heterocycles. The van der Waals surface area contributed by atoms with Crippen LogP contribution in [0, 0.1) is 0 Å². The van der Waals surface area contributed by atoms with Crippen LogP contribution in [0.2, 0.25) is 5.02 Å². The number of hydrogen-bond acceptors (Lipinski definition) is 5. The number of hydrogen-bond donors (Lipinski definition) is 1. The van der Waals surface area contributed by atoms with Gasteiger partial charge in [0.05, 0.1) is 28.8 Å². The Morgan fingerprint density at radius 1 is 1.25 bits per heavy atom. The molecule has 0 atom stereocenters. The number of rotatable bonds is 8. The van der Waals surface area contributed by atoms with Crippen molar-refractivity contribution in [2.24, 2.45) is 0 Å². The molecule has 158 valence electrons. The van der Waals surface area contributed by atoms with Crippen molar-refractivity contribution in [1.82, 2.24) is 14.1 Å². The number of amides is 2. The molecule has 0 saturated carbocycles. The molecular formula is C18H29ClN4O4S. The molecule has 2 amide bonds. The third-order valence-electron chi connectivity index (χ3n) is 4.72. The highest BCUT2D eigenvalue weighted by Crippen LogP contribution is 2.27. The Kier molecular flexibility index (Phi) is 8.51. The fourth-order valence-electron chi connectivity index (χ4n) is 2.90. The average Bonchev–Trinajstić information content (AvgIpc) is 2.69. The summed E-state index contributed by atoms with van der Waals surface area (Å²) >= 11 is 6.18. The molecule has 0 spiro atoms. The Morgan fingerprint density at radius 2 is 1.89 bits per heavy atom. The normalized spacial score (nSPS) is 15.6. The van der Waals surface area contributed by atoms with Crippen LogP contribution in [-0.4, -0.2) is 88.1 Å². The molecule has 28 heavy (non-hydrogen) atoms. The molecule has 1 fully saturated rings. The van der Waals surface area contributed by atoms with Crippen LogP contribution >= 0.6 is 11.6 Å². The zero-order chi connectivity index (χ0) is 20.7. The van der Waals surface area contributed by atoms with Gasteiger partial charge in [0.1, 0.15) is 0 Å². The summed E-state index contributed by atoms with van der Waals surface area (Å²) < 4.78 is 32.1. The van der Waals surface area contributed by atoms with Crippen molar-refractivity contribution in [1.29, 1.82) is 0 Å². The number of halogens is 1. The summed E-state index contributed by atoms with van der Waals surface area (Å²) in [7, 11) is -1.94. The Bertz CT molecular complexity index is 765. The Balaban J connectivity index is 2.05. The number of nitrogens with one attached hydrogen (secondary N) is 1. The maximum absolute atomic E-state index is 12.7. The maximum atomic E-state index is 12.7. The summed E-state index contributed by atoms with van der Waals surface area (Å²) in [5.74, 6) is 0. The summed E-state index contributed by atoms with van der Waals surface area (Å²) in [6, 6.07) is 4.01. The molecule has 0 aliphatic carbocycles. The number of carbonyl (C=O) groups is 1. The summed E-state index contributed by atoms with van der Waals surface area (Å²) in [4.78, 5) is 16.4. The van der Waals surface area contributed by atoms with Crippen molar-refractivity contribution in [2.45, 2.75) is 18.7 Å². The minimum absolute atomic E-state index is 0.104. The van der Waals surface area contributed by atoms with Crippen molar-refractivity contribution in [2.75, 3.05) is 64.8 Å². The van der Waals surface area contributed by atoms with E-state index in [1.807, 2.05) is 0 Å². The Hall–Kier alpha value is -1.39. The highest BCUT2D eigenvalue weighted by atomic mass is 35.5. The van der Waals surface area contributed by atoms with Crippen LogP contribution < -0.4 is 5.32 Å². The van der Waals surface area contributed by atoms with Gasteiger partial charge in [-0.15, -0.1) is 0 Å². The fourth-order valence-corrected chi connectivity index (χ4v) is 4.55. The van der Waals surface area contributed by atoms with Crippen LogP contribution in [0.5, 0.6) is 0 Å². The van der Waals surface area contributed by atoms with Crippen LogP contribution in [-0.2, 0) is 14.8 Å². The van der Waals surface area contributed by atoms with Gasteiger partial charge in [0, 0.05) is 46.3 Å². The molecule has 2 rings (SSSR count). The maximum Gasteiger partial charge on any atom is 0.321 e.